The van der Waals surface area contributed by atoms with Crippen molar-refractivity contribution in [2.45, 2.75) is 40.0 Å². The highest BCUT2D eigenvalue weighted by atomic mass is 16.5. The smallest absolute Gasteiger partial charge is 0.222 e. The van der Waals surface area contributed by atoms with Crippen molar-refractivity contribution in [3.8, 4) is 0 Å². The number of aliphatic imine (C=N–C) groups is 1. The Morgan fingerprint density at radius 1 is 1.30 bits per heavy atom. The van der Waals surface area contributed by atoms with E-state index in [9.17, 15) is 4.79 Å². The predicted molar refractivity (Wildman–Crippen MR) is 94.6 cm³/mol. The summed E-state index contributed by atoms with van der Waals surface area (Å²) < 4.78 is 5.41. The van der Waals surface area contributed by atoms with Gasteiger partial charge in [-0.05, 0) is 32.1 Å². The van der Waals surface area contributed by atoms with Crippen LogP contribution in [0.1, 0.15) is 40.0 Å². The van der Waals surface area contributed by atoms with E-state index >= 15 is 0 Å². The Bertz CT molecular complexity index is 366. The van der Waals surface area contributed by atoms with Crippen molar-refractivity contribution in [1.82, 2.24) is 15.5 Å². The summed E-state index contributed by atoms with van der Waals surface area (Å²) in [6, 6.07) is 0. The van der Waals surface area contributed by atoms with Crippen molar-refractivity contribution in [3.05, 3.63) is 0 Å². The molecule has 1 rings (SSSR count). The molecule has 134 valence electrons. The first-order valence-electron chi connectivity index (χ1n) is 8.89. The van der Waals surface area contributed by atoms with Crippen LogP contribution < -0.4 is 10.6 Å². The number of hydrogen-bond donors (Lipinski definition) is 2. The van der Waals surface area contributed by atoms with Gasteiger partial charge in [-0.15, -0.1) is 0 Å². The third-order valence-corrected chi connectivity index (χ3v) is 4.11. The SMILES string of the molecule is CCNC(=NCCNC(=O)C(C)C)N(C)CCC1CCOCC1. The van der Waals surface area contributed by atoms with Crippen LogP contribution in [0.2, 0.25) is 0 Å². The Hall–Kier alpha value is -1.30. The van der Waals surface area contributed by atoms with Crippen molar-refractivity contribution in [3.63, 3.8) is 0 Å². The lowest BCUT2D eigenvalue weighted by atomic mass is 9.96. The van der Waals surface area contributed by atoms with Gasteiger partial charge < -0.3 is 20.3 Å². The number of nitrogens with zero attached hydrogens (tertiary/aromatic N) is 2. The van der Waals surface area contributed by atoms with Crippen LogP contribution in [0.5, 0.6) is 0 Å². The predicted octanol–water partition coefficient (Wildman–Crippen LogP) is 1.47. The minimum absolute atomic E-state index is 0.0226. The maximum atomic E-state index is 11.5. The van der Waals surface area contributed by atoms with Crippen LogP contribution in [-0.2, 0) is 9.53 Å². The molecule has 1 aliphatic heterocycles. The Morgan fingerprint density at radius 2 is 2.00 bits per heavy atom. The van der Waals surface area contributed by atoms with E-state index in [1.54, 1.807) is 0 Å². The van der Waals surface area contributed by atoms with Crippen molar-refractivity contribution in [2.75, 3.05) is 46.4 Å². The lowest BCUT2D eigenvalue weighted by molar-refractivity contribution is -0.123. The quantitative estimate of drug-likeness (QED) is 0.403. The Morgan fingerprint density at radius 3 is 2.61 bits per heavy atom. The zero-order chi connectivity index (χ0) is 17.1. The van der Waals surface area contributed by atoms with E-state index in [0.29, 0.717) is 13.1 Å². The largest absolute Gasteiger partial charge is 0.381 e. The molecule has 2 N–H and O–H groups in total. The molecule has 0 radical (unpaired) electrons. The lowest BCUT2D eigenvalue weighted by Crippen LogP contribution is -2.40. The minimum Gasteiger partial charge on any atom is -0.381 e. The van der Waals surface area contributed by atoms with Gasteiger partial charge in [0.2, 0.25) is 5.91 Å². The molecular weight excluding hydrogens is 292 g/mol. The summed E-state index contributed by atoms with van der Waals surface area (Å²) in [5.74, 6) is 1.78. The summed E-state index contributed by atoms with van der Waals surface area (Å²) in [7, 11) is 2.08. The van der Waals surface area contributed by atoms with Crippen LogP contribution in [0.4, 0.5) is 0 Å². The molecule has 1 fully saturated rings. The molecule has 0 spiro atoms. The fourth-order valence-electron chi connectivity index (χ4n) is 2.53. The highest BCUT2D eigenvalue weighted by molar-refractivity contribution is 5.80. The fraction of sp³-hybridized carbons (Fsp3) is 0.882. The Labute approximate surface area is 141 Å². The van der Waals surface area contributed by atoms with E-state index in [0.717, 1.165) is 38.2 Å². The molecular formula is C17H34N4O2. The molecule has 0 bridgehead atoms. The molecule has 1 amide bonds. The summed E-state index contributed by atoms with van der Waals surface area (Å²) in [6.45, 7) is 10.7. The molecule has 1 saturated heterocycles. The van der Waals surface area contributed by atoms with Gasteiger partial charge in [0.05, 0.1) is 6.54 Å². The number of ether oxygens (including phenoxy) is 1. The first-order valence-corrected chi connectivity index (χ1v) is 8.89. The first kappa shape index (κ1) is 19.7. The van der Waals surface area contributed by atoms with Crippen molar-refractivity contribution in [2.24, 2.45) is 16.8 Å². The van der Waals surface area contributed by atoms with Crippen LogP contribution in [0.15, 0.2) is 4.99 Å². The summed E-state index contributed by atoms with van der Waals surface area (Å²) in [6.07, 6.45) is 3.51. The van der Waals surface area contributed by atoms with E-state index in [-0.39, 0.29) is 11.8 Å². The number of carbonyl (C=O) groups excluding carboxylic acids is 1. The van der Waals surface area contributed by atoms with Gasteiger partial charge in [0.25, 0.3) is 0 Å². The van der Waals surface area contributed by atoms with Gasteiger partial charge in [0, 0.05) is 45.8 Å². The molecule has 0 atom stereocenters. The topological polar surface area (TPSA) is 66.0 Å². The second-order valence-electron chi connectivity index (χ2n) is 6.45. The van der Waals surface area contributed by atoms with E-state index in [2.05, 4.69) is 34.5 Å². The summed E-state index contributed by atoms with van der Waals surface area (Å²) in [4.78, 5) is 18.3. The summed E-state index contributed by atoms with van der Waals surface area (Å²) in [5, 5.41) is 6.22. The number of carbonyl (C=O) groups is 1. The van der Waals surface area contributed by atoms with Gasteiger partial charge in [-0.3, -0.25) is 9.79 Å². The van der Waals surface area contributed by atoms with Crippen molar-refractivity contribution >= 4 is 11.9 Å². The first-order chi connectivity index (χ1) is 11.0. The monoisotopic (exact) mass is 326 g/mol. The number of rotatable bonds is 8. The second-order valence-corrected chi connectivity index (χ2v) is 6.45. The molecule has 0 unspecified atom stereocenters. The summed E-state index contributed by atoms with van der Waals surface area (Å²) >= 11 is 0. The molecule has 0 saturated carbocycles. The molecule has 6 nitrogen and oxygen atoms in total. The second kappa shape index (κ2) is 11.3. The fourth-order valence-corrected chi connectivity index (χ4v) is 2.53. The van der Waals surface area contributed by atoms with Crippen molar-refractivity contribution < 1.29 is 9.53 Å². The molecule has 0 aromatic rings. The molecule has 6 heteroatoms. The van der Waals surface area contributed by atoms with Crippen LogP contribution in [-0.4, -0.2) is 63.2 Å². The molecule has 0 aromatic heterocycles. The van der Waals surface area contributed by atoms with Crippen LogP contribution in [0, 0.1) is 11.8 Å². The summed E-state index contributed by atoms with van der Waals surface area (Å²) in [5.41, 5.74) is 0. The van der Waals surface area contributed by atoms with Crippen LogP contribution >= 0.6 is 0 Å². The van der Waals surface area contributed by atoms with Gasteiger partial charge in [-0.1, -0.05) is 13.8 Å². The maximum Gasteiger partial charge on any atom is 0.222 e. The minimum atomic E-state index is 0.0226. The highest BCUT2D eigenvalue weighted by Gasteiger charge is 2.15. The standard InChI is InChI=1S/C17H34N4O2/c1-5-18-17(20-10-9-19-16(22)14(2)3)21(4)11-6-15-7-12-23-13-8-15/h14-15H,5-13H2,1-4H3,(H,18,20)(H,19,22). The van der Waals surface area contributed by atoms with Crippen molar-refractivity contribution in [1.29, 1.82) is 0 Å². The van der Waals surface area contributed by atoms with E-state index < -0.39 is 0 Å². The third kappa shape index (κ3) is 8.21. The highest BCUT2D eigenvalue weighted by Crippen LogP contribution is 2.18. The van der Waals surface area contributed by atoms with E-state index in [1.165, 1.54) is 19.3 Å². The Kier molecular flexibility index (Phi) is 9.67. The number of guanidine groups is 1. The van der Waals surface area contributed by atoms with Crippen LogP contribution in [0.25, 0.3) is 0 Å². The molecule has 23 heavy (non-hydrogen) atoms. The van der Waals surface area contributed by atoms with Gasteiger partial charge in [-0.25, -0.2) is 0 Å². The average molecular weight is 326 g/mol. The third-order valence-electron chi connectivity index (χ3n) is 4.11. The maximum absolute atomic E-state index is 11.5. The van der Waals surface area contributed by atoms with Gasteiger partial charge in [0.15, 0.2) is 5.96 Å². The molecule has 1 aliphatic rings. The molecule has 1 heterocycles. The zero-order valence-electron chi connectivity index (χ0n) is 15.2. The number of amides is 1. The van der Waals surface area contributed by atoms with Crippen LogP contribution in [0.3, 0.4) is 0 Å². The number of hydrogen-bond acceptors (Lipinski definition) is 3. The molecule has 0 aliphatic carbocycles. The van der Waals surface area contributed by atoms with Gasteiger partial charge >= 0.3 is 0 Å². The lowest BCUT2D eigenvalue weighted by Gasteiger charge is -2.26. The average Bonchev–Trinajstić information content (AvgIpc) is 2.56. The Balaban J connectivity index is 2.35. The van der Waals surface area contributed by atoms with Gasteiger partial charge in [-0.2, -0.15) is 0 Å². The normalized spacial score (nSPS) is 16.5. The van der Waals surface area contributed by atoms with Gasteiger partial charge in [0.1, 0.15) is 0 Å². The number of nitrogens with one attached hydrogen (secondary N) is 2. The van der Waals surface area contributed by atoms with E-state index in [1.807, 2.05) is 13.8 Å². The van der Waals surface area contributed by atoms with E-state index in [4.69, 9.17) is 4.74 Å². The zero-order valence-corrected chi connectivity index (χ0v) is 15.2. The molecule has 0 aromatic carbocycles.